The van der Waals surface area contributed by atoms with Gasteiger partial charge in [0.25, 0.3) is 0 Å². The maximum atomic E-state index is 6.39. The molecule has 1 aromatic carbocycles. The summed E-state index contributed by atoms with van der Waals surface area (Å²) in [7, 11) is 1.77. The van der Waals surface area contributed by atoms with Crippen molar-refractivity contribution < 1.29 is 4.74 Å². The molecule has 0 spiro atoms. The largest absolute Gasteiger partial charge is 0.376 e. The summed E-state index contributed by atoms with van der Waals surface area (Å²) in [4.78, 5) is 0. The zero-order valence-corrected chi connectivity index (χ0v) is 14.3. The van der Waals surface area contributed by atoms with Crippen LogP contribution in [0.15, 0.2) is 18.2 Å². The molecule has 0 aromatic heterocycles. The van der Waals surface area contributed by atoms with E-state index in [1.54, 1.807) is 7.11 Å². The molecule has 0 aliphatic rings. The average molecular weight is 318 g/mol. The van der Waals surface area contributed by atoms with E-state index in [0.717, 1.165) is 36.4 Å². The Bertz CT molecular complexity index is 411. The summed E-state index contributed by atoms with van der Waals surface area (Å²) < 4.78 is 5.88. The fourth-order valence-corrected chi connectivity index (χ4v) is 3.08. The summed E-state index contributed by atoms with van der Waals surface area (Å²) in [5, 5.41) is 5.01. The second-order valence-electron chi connectivity index (χ2n) is 5.03. The number of ether oxygens (including phenoxy) is 1. The van der Waals surface area contributed by atoms with Gasteiger partial charge in [0, 0.05) is 17.2 Å². The molecule has 20 heavy (non-hydrogen) atoms. The average Bonchev–Trinajstić information content (AvgIpc) is 2.47. The second-order valence-corrected chi connectivity index (χ2v) is 5.87. The number of nitrogens with one attached hydrogen (secondary N) is 1. The van der Waals surface area contributed by atoms with E-state index in [0.29, 0.717) is 5.02 Å². The summed E-state index contributed by atoms with van der Waals surface area (Å²) in [6, 6.07) is 5.65. The Morgan fingerprint density at radius 1 is 1.20 bits per heavy atom. The molecule has 0 fully saturated rings. The van der Waals surface area contributed by atoms with Crippen LogP contribution in [0.3, 0.4) is 0 Å². The highest BCUT2D eigenvalue weighted by Crippen LogP contribution is 2.38. The summed E-state index contributed by atoms with van der Waals surface area (Å²) in [5.41, 5.74) is 0.738. The minimum atomic E-state index is -0.274. The van der Waals surface area contributed by atoms with Crippen molar-refractivity contribution in [2.24, 2.45) is 0 Å². The van der Waals surface area contributed by atoms with Crippen molar-refractivity contribution in [3.63, 3.8) is 0 Å². The monoisotopic (exact) mass is 317 g/mol. The zero-order valence-electron chi connectivity index (χ0n) is 12.8. The highest BCUT2D eigenvalue weighted by molar-refractivity contribution is 6.33. The highest BCUT2D eigenvalue weighted by Gasteiger charge is 2.37. The Kier molecular flexibility index (Phi) is 7.32. The van der Waals surface area contributed by atoms with Crippen molar-refractivity contribution in [3.8, 4) is 0 Å². The van der Waals surface area contributed by atoms with Gasteiger partial charge in [-0.3, -0.25) is 0 Å². The smallest absolute Gasteiger partial charge is 0.0867 e. The van der Waals surface area contributed by atoms with Gasteiger partial charge in [0.1, 0.15) is 0 Å². The van der Waals surface area contributed by atoms with Crippen molar-refractivity contribution in [1.82, 2.24) is 5.32 Å². The van der Waals surface area contributed by atoms with Gasteiger partial charge in [0.2, 0.25) is 0 Å². The van der Waals surface area contributed by atoms with Gasteiger partial charge >= 0.3 is 0 Å². The molecule has 1 aromatic rings. The van der Waals surface area contributed by atoms with Crippen molar-refractivity contribution in [3.05, 3.63) is 33.8 Å². The Labute approximate surface area is 132 Å². The first kappa shape index (κ1) is 17.8. The molecule has 1 N–H and O–H groups in total. The lowest BCUT2D eigenvalue weighted by Gasteiger charge is -2.39. The van der Waals surface area contributed by atoms with Crippen LogP contribution in [0.5, 0.6) is 0 Å². The molecule has 0 bridgehead atoms. The minimum absolute atomic E-state index is 0.0358. The van der Waals surface area contributed by atoms with E-state index < -0.39 is 0 Å². The molecule has 1 unspecified atom stereocenters. The molecule has 1 rings (SSSR count). The van der Waals surface area contributed by atoms with Crippen LogP contribution in [0.2, 0.25) is 10.0 Å². The Morgan fingerprint density at radius 3 is 2.35 bits per heavy atom. The van der Waals surface area contributed by atoms with Crippen LogP contribution in [0, 0.1) is 0 Å². The standard InChI is InChI=1S/C16H25Cl2NO/c1-5-10-19-15(16(6-2,7-3)20-4)13-11-12(17)8-9-14(13)18/h8-9,11,15,19H,5-7,10H2,1-4H3. The second kappa shape index (κ2) is 8.23. The minimum Gasteiger partial charge on any atom is -0.376 e. The van der Waals surface area contributed by atoms with Gasteiger partial charge in [-0.25, -0.2) is 0 Å². The van der Waals surface area contributed by atoms with Crippen molar-refractivity contribution in [1.29, 1.82) is 0 Å². The molecule has 4 heteroatoms. The molecular weight excluding hydrogens is 293 g/mol. The third-order valence-corrected chi connectivity index (χ3v) is 4.58. The Morgan fingerprint density at radius 2 is 1.85 bits per heavy atom. The molecular formula is C16H25Cl2NO. The van der Waals surface area contributed by atoms with Crippen LogP contribution in [0.4, 0.5) is 0 Å². The number of hydrogen-bond acceptors (Lipinski definition) is 2. The molecule has 1 atom stereocenters. The van der Waals surface area contributed by atoms with Gasteiger partial charge in [-0.2, -0.15) is 0 Å². The first-order valence-electron chi connectivity index (χ1n) is 7.28. The number of methoxy groups -OCH3 is 1. The molecule has 114 valence electrons. The van der Waals surface area contributed by atoms with Crippen LogP contribution >= 0.6 is 23.2 Å². The van der Waals surface area contributed by atoms with Crippen molar-refractivity contribution in [2.75, 3.05) is 13.7 Å². The SMILES string of the molecule is CCCNC(c1cc(Cl)ccc1Cl)C(CC)(CC)OC. The van der Waals surface area contributed by atoms with Crippen LogP contribution < -0.4 is 5.32 Å². The van der Waals surface area contributed by atoms with Gasteiger partial charge in [-0.15, -0.1) is 0 Å². The first-order valence-corrected chi connectivity index (χ1v) is 8.03. The normalized spacial score (nSPS) is 13.5. The third-order valence-electron chi connectivity index (χ3n) is 4.00. The molecule has 0 aliphatic carbocycles. The van der Waals surface area contributed by atoms with Gasteiger partial charge in [-0.05, 0) is 49.6 Å². The van der Waals surface area contributed by atoms with E-state index in [1.807, 2.05) is 18.2 Å². The molecule has 0 radical (unpaired) electrons. The zero-order chi connectivity index (χ0) is 15.2. The van der Waals surface area contributed by atoms with E-state index in [2.05, 4.69) is 26.1 Å². The lowest BCUT2D eigenvalue weighted by atomic mass is 9.83. The summed E-state index contributed by atoms with van der Waals surface area (Å²) in [6.45, 7) is 7.35. The third kappa shape index (κ3) is 3.88. The molecule has 2 nitrogen and oxygen atoms in total. The van der Waals surface area contributed by atoms with Gasteiger partial charge in [0.05, 0.1) is 11.6 Å². The molecule has 0 aliphatic heterocycles. The topological polar surface area (TPSA) is 21.3 Å². The van der Waals surface area contributed by atoms with Crippen molar-refractivity contribution in [2.45, 2.75) is 51.7 Å². The summed E-state index contributed by atoms with van der Waals surface area (Å²) >= 11 is 12.5. The number of hydrogen-bond donors (Lipinski definition) is 1. The molecule has 0 amide bonds. The lowest BCUT2D eigenvalue weighted by molar-refractivity contribution is -0.0485. The van der Waals surface area contributed by atoms with Gasteiger partial charge in [-0.1, -0.05) is 44.0 Å². The lowest BCUT2D eigenvalue weighted by Crippen LogP contribution is -2.45. The van der Waals surface area contributed by atoms with E-state index >= 15 is 0 Å². The van der Waals surface area contributed by atoms with E-state index in [4.69, 9.17) is 27.9 Å². The summed E-state index contributed by atoms with van der Waals surface area (Å²) in [5.74, 6) is 0. The Hall–Kier alpha value is -0.280. The quantitative estimate of drug-likeness (QED) is 0.708. The number of halogens is 2. The predicted molar refractivity (Wildman–Crippen MR) is 87.8 cm³/mol. The summed E-state index contributed by atoms with van der Waals surface area (Å²) in [6.07, 6.45) is 2.87. The first-order chi connectivity index (χ1) is 9.54. The Balaban J connectivity index is 3.26. The van der Waals surface area contributed by atoms with Crippen LogP contribution in [-0.4, -0.2) is 19.3 Å². The van der Waals surface area contributed by atoms with Gasteiger partial charge < -0.3 is 10.1 Å². The van der Waals surface area contributed by atoms with E-state index in [-0.39, 0.29) is 11.6 Å². The number of benzene rings is 1. The van der Waals surface area contributed by atoms with Crippen molar-refractivity contribution >= 4 is 23.2 Å². The van der Waals surface area contributed by atoms with Crippen LogP contribution in [0.25, 0.3) is 0 Å². The van der Waals surface area contributed by atoms with E-state index in [1.165, 1.54) is 0 Å². The maximum Gasteiger partial charge on any atom is 0.0867 e. The van der Waals surface area contributed by atoms with E-state index in [9.17, 15) is 0 Å². The highest BCUT2D eigenvalue weighted by atomic mass is 35.5. The molecule has 0 saturated heterocycles. The fraction of sp³-hybridized carbons (Fsp3) is 0.625. The maximum absolute atomic E-state index is 6.39. The molecule has 0 heterocycles. The predicted octanol–water partition coefficient (Wildman–Crippen LogP) is 5.24. The van der Waals surface area contributed by atoms with Crippen LogP contribution in [-0.2, 0) is 4.74 Å². The van der Waals surface area contributed by atoms with Crippen LogP contribution in [0.1, 0.15) is 51.6 Å². The van der Waals surface area contributed by atoms with Gasteiger partial charge in [0.15, 0.2) is 0 Å². The fourth-order valence-electron chi connectivity index (χ4n) is 2.67. The number of rotatable bonds is 8. The molecule has 0 saturated carbocycles.